The lowest BCUT2D eigenvalue weighted by molar-refractivity contribution is -0.117. The third kappa shape index (κ3) is 2.92. The van der Waals surface area contributed by atoms with E-state index in [1.54, 1.807) is 17.0 Å². The first-order chi connectivity index (χ1) is 14.0. The number of ether oxygens (including phenoxy) is 2. The Bertz CT molecular complexity index is 1120. The molecule has 3 heterocycles. The standard InChI is InChI=1S/C22H22FN3O3/c1-13-24-22-16(25(13)2)11-14(26-9-4-7-20(26)27)12-19(22)29-18-8-10-28-17-6-3-5-15(23)21(17)18/h3,5-6,11-12,18H,4,7-10H2,1-2H3. The fourth-order valence-corrected chi connectivity index (χ4v) is 4.17. The van der Waals surface area contributed by atoms with Crippen LogP contribution in [0.25, 0.3) is 11.0 Å². The van der Waals surface area contributed by atoms with Gasteiger partial charge in [0.15, 0.2) is 0 Å². The zero-order valence-electron chi connectivity index (χ0n) is 16.4. The minimum Gasteiger partial charge on any atom is -0.493 e. The zero-order valence-corrected chi connectivity index (χ0v) is 16.4. The second-order valence-corrected chi connectivity index (χ2v) is 7.57. The van der Waals surface area contributed by atoms with Gasteiger partial charge in [-0.3, -0.25) is 4.79 Å². The van der Waals surface area contributed by atoms with Gasteiger partial charge in [-0.15, -0.1) is 0 Å². The van der Waals surface area contributed by atoms with Gasteiger partial charge in [-0.05, 0) is 31.5 Å². The van der Waals surface area contributed by atoms with Crippen molar-refractivity contribution in [3.8, 4) is 11.5 Å². The van der Waals surface area contributed by atoms with E-state index >= 15 is 0 Å². The molecular formula is C22H22FN3O3. The van der Waals surface area contributed by atoms with Crippen molar-refractivity contribution in [2.24, 2.45) is 7.05 Å². The average Bonchev–Trinajstić information content (AvgIpc) is 3.26. The Balaban J connectivity index is 1.62. The van der Waals surface area contributed by atoms with E-state index in [0.29, 0.717) is 48.6 Å². The van der Waals surface area contributed by atoms with Crippen LogP contribution in [0.5, 0.6) is 11.5 Å². The van der Waals surface area contributed by atoms with Crippen molar-refractivity contribution in [1.29, 1.82) is 0 Å². The van der Waals surface area contributed by atoms with Crippen LogP contribution >= 0.6 is 0 Å². The van der Waals surface area contributed by atoms with E-state index in [4.69, 9.17) is 9.47 Å². The molecule has 5 rings (SSSR count). The number of hydrogen-bond donors (Lipinski definition) is 0. The van der Waals surface area contributed by atoms with E-state index in [1.807, 2.05) is 30.7 Å². The number of carbonyl (C=O) groups excluding carboxylic acids is 1. The lowest BCUT2D eigenvalue weighted by atomic mass is 10.0. The van der Waals surface area contributed by atoms with Crippen LogP contribution in [0.2, 0.25) is 0 Å². The van der Waals surface area contributed by atoms with Crippen LogP contribution in [0.4, 0.5) is 10.1 Å². The molecule has 1 fully saturated rings. The average molecular weight is 395 g/mol. The number of aromatic nitrogens is 2. The molecule has 1 amide bonds. The minimum atomic E-state index is -0.477. The van der Waals surface area contributed by atoms with Gasteiger partial charge in [-0.25, -0.2) is 9.37 Å². The maximum Gasteiger partial charge on any atom is 0.227 e. The fraction of sp³-hybridized carbons (Fsp3) is 0.364. The highest BCUT2D eigenvalue weighted by Gasteiger charge is 2.29. The summed E-state index contributed by atoms with van der Waals surface area (Å²) < 4.78 is 28.5. The third-order valence-corrected chi connectivity index (χ3v) is 5.79. The third-order valence-electron chi connectivity index (χ3n) is 5.79. The number of halogens is 1. The predicted octanol–water partition coefficient (Wildman–Crippen LogP) is 4.05. The van der Waals surface area contributed by atoms with Crippen LogP contribution in [0, 0.1) is 12.7 Å². The van der Waals surface area contributed by atoms with E-state index in [0.717, 1.165) is 23.4 Å². The van der Waals surface area contributed by atoms with Crippen molar-refractivity contribution < 1.29 is 18.7 Å². The van der Waals surface area contributed by atoms with Gasteiger partial charge in [0.05, 0.1) is 17.7 Å². The lowest BCUT2D eigenvalue weighted by Gasteiger charge is -2.27. The van der Waals surface area contributed by atoms with Gasteiger partial charge < -0.3 is 18.9 Å². The molecule has 0 saturated carbocycles. The summed E-state index contributed by atoms with van der Waals surface area (Å²) in [5.74, 6) is 1.68. The molecule has 0 spiro atoms. The number of aryl methyl sites for hydroxylation is 2. The van der Waals surface area contributed by atoms with E-state index in [9.17, 15) is 9.18 Å². The molecule has 0 N–H and O–H groups in total. The Morgan fingerprint density at radius 1 is 1.31 bits per heavy atom. The molecule has 1 aromatic heterocycles. The molecule has 2 aliphatic rings. The molecule has 1 atom stereocenters. The summed E-state index contributed by atoms with van der Waals surface area (Å²) in [5.41, 5.74) is 2.82. The van der Waals surface area contributed by atoms with E-state index in [-0.39, 0.29) is 11.7 Å². The largest absolute Gasteiger partial charge is 0.493 e. The normalized spacial score (nSPS) is 18.8. The SMILES string of the molecule is Cc1nc2c(OC3CCOc4cccc(F)c43)cc(N3CCCC3=O)cc2n1C. The number of hydrogen-bond acceptors (Lipinski definition) is 4. The molecule has 2 aromatic carbocycles. The van der Waals surface area contributed by atoms with Crippen LogP contribution in [0.15, 0.2) is 30.3 Å². The monoisotopic (exact) mass is 395 g/mol. The number of carbonyl (C=O) groups is 1. The molecule has 1 saturated heterocycles. The number of benzene rings is 2. The highest BCUT2D eigenvalue weighted by Crippen LogP contribution is 2.40. The van der Waals surface area contributed by atoms with Gasteiger partial charge >= 0.3 is 0 Å². The molecule has 6 nitrogen and oxygen atoms in total. The van der Waals surface area contributed by atoms with E-state index in [1.165, 1.54) is 6.07 Å². The van der Waals surface area contributed by atoms with Crippen LogP contribution < -0.4 is 14.4 Å². The lowest BCUT2D eigenvalue weighted by Crippen LogP contribution is -2.24. The molecule has 150 valence electrons. The second kappa shape index (κ2) is 6.76. The highest BCUT2D eigenvalue weighted by atomic mass is 19.1. The first-order valence-corrected chi connectivity index (χ1v) is 9.88. The Labute approximate surface area is 167 Å². The molecule has 2 aliphatic heterocycles. The Kier molecular flexibility index (Phi) is 4.19. The molecule has 7 heteroatoms. The van der Waals surface area contributed by atoms with Crippen LogP contribution in [0.1, 0.15) is 36.8 Å². The number of amides is 1. The smallest absolute Gasteiger partial charge is 0.227 e. The summed E-state index contributed by atoms with van der Waals surface area (Å²) in [6.45, 7) is 3.07. The van der Waals surface area contributed by atoms with Crippen LogP contribution in [0.3, 0.4) is 0 Å². The quantitative estimate of drug-likeness (QED) is 0.671. The van der Waals surface area contributed by atoms with Gasteiger partial charge in [0.1, 0.15) is 34.8 Å². The molecular weight excluding hydrogens is 373 g/mol. The summed E-state index contributed by atoms with van der Waals surface area (Å²) in [5, 5.41) is 0. The van der Waals surface area contributed by atoms with Gasteiger partial charge in [0, 0.05) is 38.2 Å². The molecule has 0 bridgehead atoms. The summed E-state index contributed by atoms with van der Waals surface area (Å²) in [6, 6.07) is 8.64. The summed E-state index contributed by atoms with van der Waals surface area (Å²) >= 11 is 0. The summed E-state index contributed by atoms with van der Waals surface area (Å²) in [7, 11) is 1.94. The Morgan fingerprint density at radius 3 is 2.97 bits per heavy atom. The topological polar surface area (TPSA) is 56.6 Å². The highest BCUT2D eigenvalue weighted by molar-refractivity contribution is 5.98. The van der Waals surface area contributed by atoms with E-state index < -0.39 is 6.10 Å². The second-order valence-electron chi connectivity index (χ2n) is 7.57. The molecule has 1 unspecified atom stereocenters. The van der Waals surface area contributed by atoms with Crippen LogP contribution in [-0.2, 0) is 11.8 Å². The van der Waals surface area contributed by atoms with Gasteiger partial charge in [0.2, 0.25) is 5.91 Å². The molecule has 0 aliphatic carbocycles. The number of nitrogens with zero attached hydrogens (tertiary/aromatic N) is 3. The van der Waals surface area contributed by atoms with Crippen molar-refractivity contribution in [2.45, 2.75) is 32.3 Å². The van der Waals surface area contributed by atoms with Crippen molar-refractivity contribution in [1.82, 2.24) is 9.55 Å². The maximum atomic E-state index is 14.5. The summed E-state index contributed by atoms with van der Waals surface area (Å²) in [4.78, 5) is 18.7. The number of imidazole rings is 1. The first kappa shape index (κ1) is 18.0. The minimum absolute atomic E-state index is 0.108. The Morgan fingerprint density at radius 2 is 2.17 bits per heavy atom. The zero-order chi connectivity index (χ0) is 20.1. The fourth-order valence-electron chi connectivity index (χ4n) is 4.17. The van der Waals surface area contributed by atoms with Gasteiger partial charge in [-0.1, -0.05) is 6.07 Å². The number of anilines is 1. The van der Waals surface area contributed by atoms with Crippen LogP contribution in [-0.4, -0.2) is 28.6 Å². The molecule has 3 aromatic rings. The van der Waals surface area contributed by atoms with Gasteiger partial charge in [0.25, 0.3) is 0 Å². The molecule has 29 heavy (non-hydrogen) atoms. The van der Waals surface area contributed by atoms with Crippen molar-refractivity contribution >= 4 is 22.6 Å². The molecule has 0 radical (unpaired) electrons. The summed E-state index contributed by atoms with van der Waals surface area (Å²) in [6.07, 6.45) is 1.46. The Hall–Kier alpha value is -3.09. The predicted molar refractivity (Wildman–Crippen MR) is 107 cm³/mol. The van der Waals surface area contributed by atoms with Gasteiger partial charge in [-0.2, -0.15) is 0 Å². The van der Waals surface area contributed by atoms with Crippen molar-refractivity contribution in [3.05, 3.63) is 47.5 Å². The number of fused-ring (bicyclic) bond motifs is 2. The van der Waals surface area contributed by atoms with Crippen molar-refractivity contribution in [2.75, 3.05) is 18.1 Å². The van der Waals surface area contributed by atoms with Crippen molar-refractivity contribution in [3.63, 3.8) is 0 Å². The first-order valence-electron chi connectivity index (χ1n) is 9.88. The number of rotatable bonds is 3. The maximum absolute atomic E-state index is 14.5. The van der Waals surface area contributed by atoms with E-state index in [2.05, 4.69) is 4.98 Å².